The minimum atomic E-state index is 1.12. The van der Waals surface area contributed by atoms with Crippen LogP contribution in [0.3, 0.4) is 0 Å². The zero-order chi connectivity index (χ0) is 21.2. The Morgan fingerprint density at radius 3 is 1.48 bits per heavy atom. The molecule has 162 valence electrons. The summed E-state index contributed by atoms with van der Waals surface area (Å²) in [6, 6.07) is 18.1. The Morgan fingerprint density at radius 2 is 1.03 bits per heavy atom. The van der Waals surface area contributed by atoms with E-state index in [0.717, 1.165) is 13.1 Å². The number of hydrogen-bond acceptors (Lipinski definition) is 1. The molecule has 0 amide bonds. The summed E-state index contributed by atoms with van der Waals surface area (Å²) in [4.78, 5) is 0. The van der Waals surface area contributed by atoms with Crippen LogP contribution in [-0.2, 0) is 13.1 Å². The van der Waals surface area contributed by atoms with Crippen LogP contribution < -0.4 is 0 Å². The van der Waals surface area contributed by atoms with Crippen molar-refractivity contribution in [3.05, 3.63) is 48.5 Å². The van der Waals surface area contributed by atoms with Crippen LogP contribution in [0.15, 0.2) is 48.5 Å². The van der Waals surface area contributed by atoms with E-state index < -0.39 is 0 Å². The SMILES string of the molecule is CCCCCCn1c2ccccc2c2sc3c4ccccc4n(CCCCCC)c3c21. The van der Waals surface area contributed by atoms with Crippen LogP contribution in [0.5, 0.6) is 0 Å². The molecule has 0 aliphatic heterocycles. The van der Waals surface area contributed by atoms with Gasteiger partial charge in [-0.3, -0.25) is 0 Å². The number of rotatable bonds is 10. The summed E-state index contributed by atoms with van der Waals surface area (Å²) in [5.41, 5.74) is 5.77. The molecule has 2 aromatic carbocycles. The first kappa shape index (κ1) is 20.6. The van der Waals surface area contributed by atoms with Crippen LogP contribution in [0.25, 0.3) is 42.2 Å². The number of aromatic nitrogens is 2. The molecule has 0 saturated heterocycles. The van der Waals surface area contributed by atoms with E-state index in [2.05, 4.69) is 71.5 Å². The molecular formula is C28H34N2S. The molecule has 3 heteroatoms. The van der Waals surface area contributed by atoms with E-state index in [-0.39, 0.29) is 0 Å². The topological polar surface area (TPSA) is 9.86 Å². The van der Waals surface area contributed by atoms with E-state index >= 15 is 0 Å². The maximum atomic E-state index is 2.64. The van der Waals surface area contributed by atoms with Gasteiger partial charge in [-0.15, -0.1) is 11.3 Å². The number of aryl methyl sites for hydroxylation is 2. The molecule has 5 rings (SSSR count). The maximum Gasteiger partial charge on any atom is 0.0849 e. The second-order valence-corrected chi connectivity index (χ2v) is 9.94. The third-order valence-electron chi connectivity index (χ3n) is 6.75. The van der Waals surface area contributed by atoms with Crippen LogP contribution in [0.4, 0.5) is 0 Å². The van der Waals surface area contributed by atoms with Gasteiger partial charge in [-0.1, -0.05) is 88.8 Å². The van der Waals surface area contributed by atoms with Crippen molar-refractivity contribution in [2.75, 3.05) is 0 Å². The third-order valence-corrected chi connectivity index (χ3v) is 7.98. The average Bonchev–Trinajstić information content (AvgIpc) is 3.42. The van der Waals surface area contributed by atoms with Crippen LogP contribution >= 0.6 is 11.3 Å². The van der Waals surface area contributed by atoms with E-state index in [1.54, 1.807) is 0 Å². The molecule has 3 aromatic heterocycles. The Labute approximate surface area is 189 Å². The third kappa shape index (κ3) is 3.57. The molecule has 0 fully saturated rings. The first-order valence-corrected chi connectivity index (χ1v) is 13.1. The maximum absolute atomic E-state index is 2.64. The average molecular weight is 431 g/mol. The van der Waals surface area contributed by atoms with Crippen LogP contribution in [0, 0.1) is 0 Å². The lowest BCUT2D eigenvalue weighted by Crippen LogP contribution is -2.01. The summed E-state index contributed by atoms with van der Waals surface area (Å²) in [6.45, 7) is 6.83. The highest BCUT2D eigenvalue weighted by atomic mass is 32.1. The van der Waals surface area contributed by atoms with E-state index in [1.807, 2.05) is 11.3 Å². The van der Waals surface area contributed by atoms with Gasteiger partial charge in [0.2, 0.25) is 0 Å². The van der Waals surface area contributed by atoms with Gasteiger partial charge in [0, 0.05) is 34.9 Å². The summed E-state index contributed by atoms with van der Waals surface area (Å²) < 4.78 is 8.23. The van der Waals surface area contributed by atoms with Crippen molar-refractivity contribution >= 4 is 53.6 Å². The highest BCUT2D eigenvalue weighted by molar-refractivity contribution is 7.27. The molecule has 0 radical (unpaired) electrons. The summed E-state index contributed by atoms with van der Waals surface area (Å²) in [6.07, 6.45) is 10.4. The summed E-state index contributed by atoms with van der Waals surface area (Å²) in [5.74, 6) is 0. The zero-order valence-corrected chi connectivity index (χ0v) is 19.8. The highest BCUT2D eigenvalue weighted by Crippen LogP contribution is 2.45. The summed E-state index contributed by atoms with van der Waals surface area (Å²) >= 11 is 2.01. The highest BCUT2D eigenvalue weighted by Gasteiger charge is 2.22. The molecule has 3 heterocycles. The minimum Gasteiger partial charge on any atom is -0.338 e. The molecule has 0 aliphatic carbocycles. The predicted molar refractivity (Wildman–Crippen MR) is 139 cm³/mol. The molecular weight excluding hydrogens is 396 g/mol. The normalized spacial score (nSPS) is 12.2. The molecule has 0 spiro atoms. The van der Waals surface area contributed by atoms with Gasteiger partial charge in [0.15, 0.2) is 0 Å². The standard InChI is InChI=1S/C28H34N2S/c1-3-5-7-13-19-29-23-17-11-9-15-21(23)27-25(29)26-28(31-27)22-16-10-12-18-24(22)30(26)20-14-8-6-4-2/h9-12,15-18H,3-8,13-14,19-20H2,1-2H3. The van der Waals surface area contributed by atoms with Gasteiger partial charge >= 0.3 is 0 Å². The zero-order valence-electron chi connectivity index (χ0n) is 19.0. The second kappa shape index (κ2) is 9.08. The molecule has 0 unspecified atom stereocenters. The number of para-hydroxylation sites is 2. The van der Waals surface area contributed by atoms with E-state index in [1.165, 1.54) is 93.6 Å². The van der Waals surface area contributed by atoms with Crippen molar-refractivity contribution in [2.45, 2.75) is 78.3 Å². The lowest BCUT2D eigenvalue weighted by molar-refractivity contribution is 0.597. The molecule has 0 aliphatic rings. The Morgan fingerprint density at radius 1 is 0.581 bits per heavy atom. The fourth-order valence-electron chi connectivity index (χ4n) is 5.18. The smallest absolute Gasteiger partial charge is 0.0849 e. The molecule has 0 N–H and O–H groups in total. The fraction of sp³-hybridized carbons (Fsp3) is 0.429. The van der Waals surface area contributed by atoms with Crippen LogP contribution in [0.2, 0.25) is 0 Å². The molecule has 0 bridgehead atoms. The van der Waals surface area contributed by atoms with Crippen LogP contribution in [-0.4, -0.2) is 9.13 Å². The van der Waals surface area contributed by atoms with E-state index in [4.69, 9.17) is 0 Å². The van der Waals surface area contributed by atoms with Crippen LogP contribution in [0.1, 0.15) is 65.2 Å². The second-order valence-electron chi connectivity index (χ2n) is 8.92. The van der Waals surface area contributed by atoms with Gasteiger partial charge in [0.05, 0.1) is 20.4 Å². The Balaban J connectivity index is 1.73. The van der Waals surface area contributed by atoms with Crippen molar-refractivity contribution in [3.8, 4) is 0 Å². The van der Waals surface area contributed by atoms with E-state index in [0.29, 0.717) is 0 Å². The molecule has 0 atom stereocenters. The lowest BCUT2D eigenvalue weighted by Gasteiger charge is -2.10. The molecule has 0 saturated carbocycles. The van der Waals surface area contributed by atoms with Gasteiger partial charge in [0.25, 0.3) is 0 Å². The van der Waals surface area contributed by atoms with Gasteiger partial charge in [-0.05, 0) is 25.0 Å². The number of nitrogens with zero attached hydrogens (tertiary/aromatic N) is 2. The Kier molecular flexibility index (Phi) is 6.04. The largest absolute Gasteiger partial charge is 0.338 e. The number of hydrogen-bond donors (Lipinski definition) is 0. The van der Waals surface area contributed by atoms with Gasteiger partial charge in [-0.2, -0.15) is 0 Å². The van der Waals surface area contributed by atoms with E-state index in [9.17, 15) is 0 Å². The van der Waals surface area contributed by atoms with Crippen molar-refractivity contribution in [3.63, 3.8) is 0 Å². The number of thiophene rings is 1. The first-order valence-electron chi connectivity index (χ1n) is 12.3. The Bertz CT molecular complexity index is 1220. The van der Waals surface area contributed by atoms with Gasteiger partial charge in [0.1, 0.15) is 0 Å². The van der Waals surface area contributed by atoms with Crippen molar-refractivity contribution in [2.24, 2.45) is 0 Å². The Hall–Kier alpha value is -2.26. The lowest BCUT2D eigenvalue weighted by atomic mass is 10.2. The monoisotopic (exact) mass is 430 g/mol. The van der Waals surface area contributed by atoms with Crippen molar-refractivity contribution in [1.29, 1.82) is 0 Å². The number of fused-ring (bicyclic) bond motifs is 7. The molecule has 2 nitrogen and oxygen atoms in total. The molecule has 5 aromatic rings. The van der Waals surface area contributed by atoms with Crippen molar-refractivity contribution in [1.82, 2.24) is 9.13 Å². The summed E-state index contributed by atoms with van der Waals surface area (Å²) in [7, 11) is 0. The summed E-state index contributed by atoms with van der Waals surface area (Å²) in [5, 5.41) is 2.85. The quantitative estimate of drug-likeness (QED) is 0.195. The van der Waals surface area contributed by atoms with Gasteiger partial charge in [-0.25, -0.2) is 0 Å². The van der Waals surface area contributed by atoms with Crippen molar-refractivity contribution < 1.29 is 0 Å². The first-order chi connectivity index (χ1) is 15.3. The number of benzene rings is 2. The molecule has 31 heavy (non-hydrogen) atoms. The minimum absolute atomic E-state index is 1.12. The number of unbranched alkanes of at least 4 members (excludes halogenated alkanes) is 6. The fourth-order valence-corrected chi connectivity index (χ4v) is 6.56. The van der Waals surface area contributed by atoms with Gasteiger partial charge < -0.3 is 9.13 Å². The predicted octanol–water partition coefficient (Wildman–Crippen LogP) is 9.12.